The van der Waals surface area contributed by atoms with Crippen LogP contribution >= 0.6 is 11.3 Å². The summed E-state index contributed by atoms with van der Waals surface area (Å²) in [6, 6.07) is 12.0. The average Bonchev–Trinajstić information content (AvgIpc) is 3.35. The molecule has 150 valence electrons. The van der Waals surface area contributed by atoms with Gasteiger partial charge in [-0.05, 0) is 44.6 Å². The molecule has 1 saturated heterocycles. The van der Waals surface area contributed by atoms with E-state index in [1.807, 2.05) is 35.8 Å². The average molecular weight is 416 g/mol. The first-order valence-corrected chi connectivity index (χ1v) is 10.8. The number of nitriles is 1. The molecule has 5 rings (SSSR count). The summed E-state index contributed by atoms with van der Waals surface area (Å²) in [6.07, 6.45) is 6.08. The molecule has 1 aliphatic heterocycles. The fourth-order valence-corrected chi connectivity index (χ4v) is 4.71. The van der Waals surface area contributed by atoms with Crippen LogP contribution in [0.4, 0.5) is 5.95 Å². The number of nitrogens with one attached hydrogen (secondary N) is 1. The van der Waals surface area contributed by atoms with Crippen LogP contribution < -0.4 is 5.32 Å². The number of likely N-dealkylation sites (tertiary alicyclic amines) is 1. The Labute approximate surface area is 178 Å². The molecule has 30 heavy (non-hydrogen) atoms. The number of aromatic nitrogens is 4. The van der Waals surface area contributed by atoms with Crippen molar-refractivity contribution in [2.24, 2.45) is 0 Å². The molecule has 4 aromatic rings. The van der Waals surface area contributed by atoms with Gasteiger partial charge in [-0.3, -0.25) is 4.40 Å². The summed E-state index contributed by atoms with van der Waals surface area (Å²) >= 11 is 1.58. The van der Waals surface area contributed by atoms with Gasteiger partial charge in [-0.2, -0.15) is 5.26 Å². The van der Waals surface area contributed by atoms with Gasteiger partial charge in [0.05, 0.1) is 23.0 Å². The van der Waals surface area contributed by atoms with Crippen LogP contribution in [0, 0.1) is 11.3 Å². The summed E-state index contributed by atoms with van der Waals surface area (Å²) in [6.45, 7) is 2.12. The molecule has 8 heteroatoms. The van der Waals surface area contributed by atoms with Gasteiger partial charge in [-0.1, -0.05) is 12.1 Å². The number of benzene rings is 1. The minimum Gasteiger partial charge on any atom is -0.350 e. The number of fused-ring (bicyclic) bond motifs is 1. The number of hydrogen-bond donors (Lipinski definition) is 1. The fraction of sp³-hybridized carbons (Fsp3) is 0.273. The van der Waals surface area contributed by atoms with Crippen molar-refractivity contribution in [1.29, 1.82) is 5.26 Å². The second-order valence-corrected chi connectivity index (χ2v) is 8.44. The van der Waals surface area contributed by atoms with E-state index in [9.17, 15) is 5.26 Å². The summed E-state index contributed by atoms with van der Waals surface area (Å²) in [5, 5.41) is 14.8. The lowest BCUT2D eigenvalue weighted by atomic mass is 10.1. The number of thiazole rings is 1. The van der Waals surface area contributed by atoms with E-state index in [1.165, 1.54) is 6.42 Å². The van der Waals surface area contributed by atoms with Gasteiger partial charge in [0.2, 0.25) is 5.95 Å². The molecule has 0 unspecified atom stereocenters. The van der Waals surface area contributed by atoms with E-state index in [2.05, 4.69) is 32.7 Å². The van der Waals surface area contributed by atoms with Crippen LogP contribution in [0.3, 0.4) is 0 Å². The van der Waals surface area contributed by atoms with Crippen molar-refractivity contribution in [1.82, 2.24) is 24.3 Å². The zero-order valence-corrected chi connectivity index (χ0v) is 17.4. The molecule has 7 nitrogen and oxygen atoms in total. The maximum atomic E-state index is 9.30. The van der Waals surface area contributed by atoms with E-state index in [1.54, 1.807) is 23.6 Å². The number of piperidine rings is 1. The number of nitrogens with zero attached hydrogens (tertiary/aromatic N) is 6. The van der Waals surface area contributed by atoms with E-state index in [0.717, 1.165) is 47.1 Å². The van der Waals surface area contributed by atoms with Crippen molar-refractivity contribution in [3.63, 3.8) is 0 Å². The standard InChI is InChI=1S/C22H21N7S/c1-28-9-3-6-17(14-28)25-21-24-8-7-18(26-21)20-19(27-22-29(20)10-11-30-22)16-5-2-4-15(12-16)13-23/h2,4-5,7-8,10-12,17H,3,6,9,14H2,1H3,(H,24,25,26)/t17-/m1/s1. The molecule has 0 amide bonds. The lowest BCUT2D eigenvalue weighted by Gasteiger charge is -2.30. The van der Waals surface area contributed by atoms with Gasteiger partial charge in [0, 0.05) is 35.9 Å². The van der Waals surface area contributed by atoms with Crippen LogP contribution in [0.5, 0.6) is 0 Å². The molecule has 4 heterocycles. The van der Waals surface area contributed by atoms with Gasteiger partial charge >= 0.3 is 0 Å². The Hall–Kier alpha value is -3.28. The Balaban J connectivity index is 1.56. The second-order valence-electron chi connectivity index (χ2n) is 7.57. The predicted molar refractivity (Wildman–Crippen MR) is 118 cm³/mol. The van der Waals surface area contributed by atoms with Crippen molar-refractivity contribution >= 4 is 22.2 Å². The predicted octanol–water partition coefficient (Wildman–Crippen LogP) is 3.90. The van der Waals surface area contributed by atoms with E-state index >= 15 is 0 Å². The quantitative estimate of drug-likeness (QED) is 0.544. The van der Waals surface area contributed by atoms with Crippen LogP contribution in [0.15, 0.2) is 48.1 Å². The zero-order valence-electron chi connectivity index (χ0n) is 16.6. The Morgan fingerprint density at radius 3 is 3.07 bits per heavy atom. The van der Waals surface area contributed by atoms with Gasteiger partial charge in [0.15, 0.2) is 4.96 Å². The Morgan fingerprint density at radius 2 is 2.20 bits per heavy atom. The molecule has 0 aliphatic carbocycles. The molecule has 1 aliphatic rings. The van der Waals surface area contributed by atoms with E-state index < -0.39 is 0 Å². The minimum absolute atomic E-state index is 0.345. The second kappa shape index (κ2) is 7.86. The molecule has 1 fully saturated rings. The van der Waals surface area contributed by atoms with Crippen LogP contribution in [-0.4, -0.2) is 50.4 Å². The maximum Gasteiger partial charge on any atom is 0.223 e. The monoisotopic (exact) mass is 415 g/mol. The summed E-state index contributed by atoms with van der Waals surface area (Å²) < 4.78 is 2.06. The van der Waals surface area contributed by atoms with E-state index in [-0.39, 0.29) is 0 Å². The molecule has 1 aromatic carbocycles. The molecule has 0 radical (unpaired) electrons. The van der Waals surface area contributed by atoms with Gasteiger partial charge in [0.1, 0.15) is 5.69 Å². The molecule has 1 N–H and O–H groups in total. The molecule has 0 spiro atoms. The molecule has 1 atom stereocenters. The van der Waals surface area contributed by atoms with Gasteiger partial charge in [0.25, 0.3) is 0 Å². The van der Waals surface area contributed by atoms with Crippen molar-refractivity contribution in [2.75, 3.05) is 25.5 Å². The number of rotatable bonds is 4. The van der Waals surface area contributed by atoms with Gasteiger partial charge in [-0.15, -0.1) is 11.3 Å². The SMILES string of the molecule is CN1CCC[C@@H](Nc2nccc(-c3c(-c4cccc(C#N)c4)nc4sccn34)n2)C1. The molecule has 3 aromatic heterocycles. The molecule has 0 bridgehead atoms. The third kappa shape index (κ3) is 3.54. The van der Waals surface area contributed by atoms with E-state index in [4.69, 9.17) is 9.97 Å². The van der Waals surface area contributed by atoms with Crippen LogP contribution in [-0.2, 0) is 0 Å². The molecule has 0 saturated carbocycles. The smallest absolute Gasteiger partial charge is 0.223 e. The highest BCUT2D eigenvalue weighted by molar-refractivity contribution is 7.15. The van der Waals surface area contributed by atoms with Gasteiger partial charge < -0.3 is 10.2 Å². The summed E-state index contributed by atoms with van der Waals surface area (Å²) in [5.74, 6) is 0.634. The summed E-state index contributed by atoms with van der Waals surface area (Å²) in [4.78, 5) is 17.3. The Bertz CT molecular complexity index is 1240. The van der Waals surface area contributed by atoms with Crippen molar-refractivity contribution in [3.05, 3.63) is 53.7 Å². The highest BCUT2D eigenvalue weighted by atomic mass is 32.1. The fourth-order valence-electron chi connectivity index (χ4n) is 3.99. The normalized spacial score (nSPS) is 17.1. The first kappa shape index (κ1) is 18.7. The highest BCUT2D eigenvalue weighted by Gasteiger charge is 2.21. The maximum absolute atomic E-state index is 9.30. The summed E-state index contributed by atoms with van der Waals surface area (Å²) in [5.41, 5.74) is 4.05. The first-order valence-electron chi connectivity index (χ1n) is 9.96. The first-order chi connectivity index (χ1) is 14.7. The lowest BCUT2D eigenvalue weighted by Crippen LogP contribution is -2.40. The minimum atomic E-state index is 0.345. The van der Waals surface area contributed by atoms with E-state index in [0.29, 0.717) is 17.6 Å². The third-order valence-electron chi connectivity index (χ3n) is 5.38. The van der Waals surface area contributed by atoms with Gasteiger partial charge in [-0.25, -0.2) is 15.0 Å². The van der Waals surface area contributed by atoms with Crippen molar-refractivity contribution in [2.45, 2.75) is 18.9 Å². The Morgan fingerprint density at radius 1 is 1.27 bits per heavy atom. The third-order valence-corrected chi connectivity index (χ3v) is 6.14. The van der Waals surface area contributed by atoms with Crippen molar-refractivity contribution < 1.29 is 0 Å². The van der Waals surface area contributed by atoms with Crippen LogP contribution in [0.2, 0.25) is 0 Å². The largest absolute Gasteiger partial charge is 0.350 e. The number of hydrogen-bond acceptors (Lipinski definition) is 7. The molecular weight excluding hydrogens is 394 g/mol. The lowest BCUT2D eigenvalue weighted by molar-refractivity contribution is 0.260. The number of anilines is 1. The number of imidazole rings is 1. The highest BCUT2D eigenvalue weighted by Crippen LogP contribution is 2.34. The van der Waals surface area contributed by atoms with Crippen LogP contribution in [0.25, 0.3) is 27.6 Å². The van der Waals surface area contributed by atoms with Crippen molar-refractivity contribution in [3.8, 4) is 28.7 Å². The molecular formula is C22H21N7S. The number of likely N-dealkylation sites (N-methyl/N-ethyl adjacent to an activating group) is 1. The van der Waals surface area contributed by atoms with Crippen LogP contribution in [0.1, 0.15) is 18.4 Å². The zero-order chi connectivity index (χ0) is 20.5. The summed E-state index contributed by atoms with van der Waals surface area (Å²) in [7, 11) is 2.15. The topological polar surface area (TPSA) is 82.1 Å². The Kier molecular flexibility index (Phi) is 4.91.